The van der Waals surface area contributed by atoms with Gasteiger partial charge in [-0.05, 0) is 56.7 Å². The summed E-state index contributed by atoms with van der Waals surface area (Å²) in [4.78, 5) is 0. The zero-order valence-electron chi connectivity index (χ0n) is 19.5. The van der Waals surface area contributed by atoms with Crippen molar-refractivity contribution in [2.45, 2.75) is 39.0 Å². The maximum absolute atomic E-state index is 12.8. The quantitative estimate of drug-likeness (QED) is 0.476. The molecule has 0 fully saturated rings. The van der Waals surface area contributed by atoms with Crippen molar-refractivity contribution in [3.63, 3.8) is 0 Å². The van der Waals surface area contributed by atoms with E-state index in [9.17, 15) is 21.6 Å². The summed E-state index contributed by atoms with van der Waals surface area (Å²) in [5, 5.41) is 4.54. The number of benzene rings is 2. The molecule has 3 rings (SSSR count). The Labute approximate surface area is 197 Å². The minimum atomic E-state index is -4.42. The number of ether oxygens (including phenoxy) is 1. The molecule has 0 aliphatic heterocycles. The second kappa shape index (κ2) is 9.40. The third kappa shape index (κ3) is 5.78. The zero-order chi connectivity index (χ0) is 25.3. The second-order valence-electron chi connectivity index (χ2n) is 8.40. The summed E-state index contributed by atoms with van der Waals surface area (Å²) in [5.41, 5.74) is 0.392. The number of halogens is 3. The molecule has 11 heteroatoms. The van der Waals surface area contributed by atoms with E-state index in [1.165, 1.54) is 26.2 Å². The zero-order valence-corrected chi connectivity index (χ0v) is 20.3. The van der Waals surface area contributed by atoms with Crippen molar-refractivity contribution in [1.29, 1.82) is 0 Å². The summed E-state index contributed by atoms with van der Waals surface area (Å²) in [6.07, 6.45) is -4.42. The standard InChI is InChI=1S/C23H27F3N4O3S/c1-6-30-21(33-19-12-10-17(11-13-19)23(24,25)26)15-20(27-30)16-8-7-9-18(14-16)22(2,3)28-34(31,32)29(4)5/h7-15,28H,6H2,1-5H3. The number of nitrogens with one attached hydrogen (secondary N) is 1. The van der Waals surface area contributed by atoms with E-state index < -0.39 is 27.5 Å². The summed E-state index contributed by atoms with van der Waals surface area (Å²) in [6.45, 7) is 5.86. The molecular formula is C23H27F3N4O3S. The fourth-order valence-corrected chi connectivity index (χ4v) is 4.17. The van der Waals surface area contributed by atoms with Crippen LogP contribution in [0.1, 0.15) is 31.9 Å². The van der Waals surface area contributed by atoms with Crippen molar-refractivity contribution in [3.05, 3.63) is 65.7 Å². The predicted octanol–water partition coefficient (Wildman–Crippen LogP) is 5.01. The Morgan fingerprint density at radius 2 is 1.68 bits per heavy atom. The molecule has 184 valence electrons. The molecule has 2 aromatic carbocycles. The molecule has 0 saturated carbocycles. The summed E-state index contributed by atoms with van der Waals surface area (Å²) in [7, 11) is -0.764. The van der Waals surface area contributed by atoms with Gasteiger partial charge in [0.15, 0.2) is 0 Å². The topological polar surface area (TPSA) is 76.5 Å². The Morgan fingerprint density at radius 3 is 2.24 bits per heavy atom. The largest absolute Gasteiger partial charge is 0.439 e. The monoisotopic (exact) mass is 496 g/mol. The number of hydrogen-bond donors (Lipinski definition) is 1. The minimum Gasteiger partial charge on any atom is -0.439 e. The van der Waals surface area contributed by atoms with Gasteiger partial charge in [-0.3, -0.25) is 0 Å². The van der Waals surface area contributed by atoms with Gasteiger partial charge in [-0.1, -0.05) is 18.2 Å². The van der Waals surface area contributed by atoms with Crippen molar-refractivity contribution < 1.29 is 26.3 Å². The lowest BCUT2D eigenvalue weighted by atomic mass is 9.93. The minimum absolute atomic E-state index is 0.252. The summed E-state index contributed by atoms with van der Waals surface area (Å²) in [5.74, 6) is 0.623. The van der Waals surface area contributed by atoms with Crippen molar-refractivity contribution in [3.8, 4) is 22.9 Å². The van der Waals surface area contributed by atoms with Crippen LogP contribution in [0.2, 0.25) is 0 Å². The molecular weight excluding hydrogens is 469 g/mol. The van der Waals surface area contributed by atoms with Crippen LogP contribution in [0, 0.1) is 0 Å². The van der Waals surface area contributed by atoms with E-state index in [1.54, 1.807) is 30.7 Å². The van der Waals surface area contributed by atoms with E-state index in [1.807, 2.05) is 25.1 Å². The van der Waals surface area contributed by atoms with Gasteiger partial charge in [0.2, 0.25) is 5.88 Å². The molecule has 3 aromatic rings. The second-order valence-corrected chi connectivity index (χ2v) is 10.3. The molecule has 0 amide bonds. The van der Waals surface area contributed by atoms with Crippen LogP contribution in [0.4, 0.5) is 13.2 Å². The fraction of sp³-hybridized carbons (Fsp3) is 0.348. The first-order valence-electron chi connectivity index (χ1n) is 10.5. The smallest absolute Gasteiger partial charge is 0.416 e. The third-order valence-corrected chi connectivity index (χ3v) is 6.92. The summed E-state index contributed by atoms with van der Waals surface area (Å²) in [6, 6.07) is 13.4. The SMILES string of the molecule is CCn1nc(-c2cccc(C(C)(C)NS(=O)(=O)N(C)C)c2)cc1Oc1ccc(C(F)(F)F)cc1. The fourth-order valence-electron chi connectivity index (χ4n) is 3.22. The van der Waals surface area contributed by atoms with E-state index in [-0.39, 0.29) is 5.75 Å². The summed E-state index contributed by atoms with van der Waals surface area (Å²) < 4.78 is 74.3. The maximum atomic E-state index is 12.8. The molecule has 1 heterocycles. The Hall–Kier alpha value is -2.89. The molecule has 0 spiro atoms. The van der Waals surface area contributed by atoms with Crippen LogP contribution in [0.15, 0.2) is 54.6 Å². The normalized spacial score (nSPS) is 12.9. The number of aromatic nitrogens is 2. The highest BCUT2D eigenvalue weighted by molar-refractivity contribution is 7.87. The van der Waals surface area contributed by atoms with Crippen LogP contribution in [0.25, 0.3) is 11.3 Å². The molecule has 1 N–H and O–H groups in total. The first-order chi connectivity index (χ1) is 15.7. The number of alkyl halides is 3. The Morgan fingerprint density at radius 1 is 1.03 bits per heavy atom. The van der Waals surface area contributed by atoms with Crippen LogP contribution >= 0.6 is 0 Å². The van der Waals surface area contributed by atoms with E-state index in [0.29, 0.717) is 18.1 Å². The summed E-state index contributed by atoms with van der Waals surface area (Å²) >= 11 is 0. The van der Waals surface area contributed by atoms with E-state index in [2.05, 4.69) is 9.82 Å². The van der Waals surface area contributed by atoms with Crippen LogP contribution in [-0.2, 0) is 28.5 Å². The van der Waals surface area contributed by atoms with Crippen LogP contribution in [-0.4, -0.2) is 36.6 Å². The van der Waals surface area contributed by atoms with Gasteiger partial charge >= 0.3 is 6.18 Å². The maximum Gasteiger partial charge on any atom is 0.416 e. The highest BCUT2D eigenvalue weighted by atomic mass is 32.2. The first-order valence-corrected chi connectivity index (χ1v) is 11.9. The van der Waals surface area contributed by atoms with E-state index in [0.717, 1.165) is 27.6 Å². The highest BCUT2D eigenvalue weighted by Crippen LogP contribution is 2.33. The average molecular weight is 497 g/mol. The van der Waals surface area contributed by atoms with Gasteiger partial charge in [0.05, 0.1) is 16.8 Å². The van der Waals surface area contributed by atoms with Crippen molar-refractivity contribution in [2.24, 2.45) is 0 Å². The molecule has 0 saturated heterocycles. The molecule has 0 radical (unpaired) electrons. The highest BCUT2D eigenvalue weighted by Gasteiger charge is 2.30. The molecule has 0 bridgehead atoms. The number of rotatable bonds is 8. The predicted molar refractivity (Wildman–Crippen MR) is 124 cm³/mol. The lowest BCUT2D eigenvalue weighted by Gasteiger charge is -2.28. The van der Waals surface area contributed by atoms with E-state index in [4.69, 9.17) is 4.74 Å². The first kappa shape index (κ1) is 25.7. The van der Waals surface area contributed by atoms with Crippen LogP contribution in [0.3, 0.4) is 0 Å². The van der Waals surface area contributed by atoms with Crippen molar-refractivity contribution >= 4 is 10.2 Å². The van der Waals surface area contributed by atoms with Crippen LogP contribution in [0.5, 0.6) is 11.6 Å². The molecule has 0 aliphatic rings. The molecule has 0 atom stereocenters. The van der Waals surface area contributed by atoms with Gasteiger partial charge in [0.25, 0.3) is 10.2 Å². The van der Waals surface area contributed by atoms with Gasteiger partial charge in [-0.25, -0.2) is 4.68 Å². The van der Waals surface area contributed by atoms with Gasteiger partial charge < -0.3 is 4.74 Å². The van der Waals surface area contributed by atoms with Gasteiger partial charge in [0.1, 0.15) is 5.75 Å². The van der Waals surface area contributed by atoms with Crippen molar-refractivity contribution in [2.75, 3.05) is 14.1 Å². The number of hydrogen-bond acceptors (Lipinski definition) is 4. The molecule has 7 nitrogen and oxygen atoms in total. The van der Waals surface area contributed by atoms with E-state index >= 15 is 0 Å². The van der Waals surface area contributed by atoms with Gasteiger partial charge in [0, 0.05) is 32.3 Å². The number of nitrogens with zero attached hydrogens (tertiary/aromatic N) is 3. The molecule has 34 heavy (non-hydrogen) atoms. The number of aryl methyl sites for hydroxylation is 1. The average Bonchev–Trinajstić information content (AvgIpc) is 3.15. The van der Waals surface area contributed by atoms with Crippen molar-refractivity contribution in [1.82, 2.24) is 18.8 Å². The third-order valence-electron chi connectivity index (χ3n) is 5.19. The lowest BCUT2D eigenvalue weighted by Crippen LogP contribution is -2.46. The molecule has 0 unspecified atom stereocenters. The van der Waals surface area contributed by atoms with Gasteiger partial charge in [-0.2, -0.15) is 35.7 Å². The lowest BCUT2D eigenvalue weighted by molar-refractivity contribution is -0.137. The Bertz CT molecular complexity index is 1250. The Kier molecular flexibility index (Phi) is 7.11. The van der Waals surface area contributed by atoms with Crippen LogP contribution < -0.4 is 9.46 Å². The molecule has 0 aliphatic carbocycles. The molecule has 1 aromatic heterocycles. The Balaban J connectivity index is 1.89. The van der Waals surface area contributed by atoms with Gasteiger partial charge in [-0.15, -0.1) is 0 Å².